The molecule has 0 radical (unpaired) electrons. The standard InChI is InChI=1S/C36H54O13/c1-17-31(49-33-29(42)27(40)26(39)24(15-37)48-33)28(41)30(43)32(46-17)47-20-8-11-34(2)19(14-20)5-6-23-22(34)9-12-35(3)21(10-13-36(23,35)44)18-4-7-25(38)45-16-18/h4,7,16-17,19-24,26-33,37,39-44H,5-6,8-15H2,1-3H3/t17-,19-,20-,21+,22-,23+,24+,26+,27-,28-,29+,30-,31-,32-,33-,34-,35+,36-/m0/s1. The van der Waals surface area contributed by atoms with Crippen LogP contribution in [-0.4, -0.2) is 115 Å². The van der Waals surface area contributed by atoms with E-state index in [0.717, 1.165) is 63.4 Å². The van der Waals surface area contributed by atoms with Gasteiger partial charge in [-0.25, -0.2) is 4.79 Å². The van der Waals surface area contributed by atoms with E-state index in [1.54, 1.807) is 13.2 Å². The molecule has 0 amide bonds. The molecule has 13 nitrogen and oxygen atoms in total. The molecule has 2 aliphatic heterocycles. The van der Waals surface area contributed by atoms with Crippen LogP contribution in [0.25, 0.3) is 0 Å². The Morgan fingerprint density at radius 1 is 0.816 bits per heavy atom. The fourth-order valence-electron chi connectivity index (χ4n) is 11.2. The number of rotatable bonds is 6. The molecule has 49 heavy (non-hydrogen) atoms. The van der Waals surface area contributed by atoms with Crippen LogP contribution in [0.15, 0.2) is 27.6 Å². The third-order valence-corrected chi connectivity index (χ3v) is 14.2. The molecule has 0 spiro atoms. The molecule has 0 unspecified atom stereocenters. The van der Waals surface area contributed by atoms with Crippen molar-refractivity contribution in [2.24, 2.45) is 28.6 Å². The second kappa shape index (κ2) is 13.2. The molecule has 276 valence electrons. The number of ether oxygens (including phenoxy) is 4. The van der Waals surface area contributed by atoms with Gasteiger partial charge in [0.1, 0.15) is 42.7 Å². The molecule has 7 N–H and O–H groups in total. The smallest absolute Gasteiger partial charge is 0.335 e. The second-order valence-electron chi connectivity index (χ2n) is 16.4. The molecule has 2 saturated heterocycles. The molecule has 6 aliphatic rings. The highest BCUT2D eigenvalue weighted by molar-refractivity contribution is 5.27. The lowest BCUT2D eigenvalue weighted by Crippen LogP contribution is -2.64. The number of aliphatic hydroxyl groups excluding tert-OH is 6. The highest BCUT2D eigenvalue weighted by atomic mass is 16.7. The summed E-state index contributed by atoms with van der Waals surface area (Å²) < 4.78 is 28.8. The summed E-state index contributed by atoms with van der Waals surface area (Å²) in [6.45, 7) is 5.63. The van der Waals surface area contributed by atoms with Crippen molar-refractivity contribution in [3.05, 3.63) is 34.4 Å². The summed E-state index contributed by atoms with van der Waals surface area (Å²) in [5, 5.41) is 74.8. The Kier molecular flexibility index (Phi) is 9.65. The van der Waals surface area contributed by atoms with Gasteiger partial charge in [-0.05, 0) is 105 Å². The van der Waals surface area contributed by atoms with Gasteiger partial charge in [0.05, 0.1) is 30.7 Å². The highest BCUT2D eigenvalue weighted by Gasteiger charge is 2.67. The van der Waals surface area contributed by atoms with E-state index in [4.69, 9.17) is 23.4 Å². The van der Waals surface area contributed by atoms with Gasteiger partial charge in [0.25, 0.3) is 0 Å². The van der Waals surface area contributed by atoms with Crippen LogP contribution in [0.1, 0.15) is 90.0 Å². The van der Waals surface area contributed by atoms with Gasteiger partial charge in [-0.2, -0.15) is 0 Å². The van der Waals surface area contributed by atoms with E-state index < -0.39 is 73.6 Å². The largest absolute Gasteiger partial charge is 0.431 e. The van der Waals surface area contributed by atoms with E-state index in [1.165, 1.54) is 6.07 Å². The first-order chi connectivity index (χ1) is 23.2. The van der Waals surface area contributed by atoms with Crippen LogP contribution in [0.3, 0.4) is 0 Å². The Bertz CT molecular complexity index is 1370. The van der Waals surface area contributed by atoms with Gasteiger partial charge in [-0.3, -0.25) is 0 Å². The van der Waals surface area contributed by atoms with Crippen molar-refractivity contribution >= 4 is 0 Å². The average molecular weight is 695 g/mol. The summed E-state index contributed by atoms with van der Waals surface area (Å²) in [5.41, 5.74) is -0.433. The molecule has 0 aromatic carbocycles. The van der Waals surface area contributed by atoms with Crippen molar-refractivity contribution in [2.75, 3.05) is 6.61 Å². The lowest BCUT2D eigenvalue weighted by atomic mass is 9.43. The van der Waals surface area contributed by atoms with Crippen LogP contribution < -0.4 is 5.63 Å². The van der Waals surface area contributed by atoms with Gasteiger partial charge in [-0.1, -0.05) is 13.8 Å². The Balaban J connectivity index is 0.983. The summed E-state index contributed by atoms with van der Waals surface area (Å²) in [7, 11) is 0. The molecule has 4 aliphatic carbocycles. The quantitative estimate of drug-likeness (QED) is 0.207. The van der Waals surface area contributed by atoms with Crippen molar-refractivity contribution in [2.45, 2.75) is 158 Å². The first-order valence-corrected chi connectivity index (χ1v) is 18.2. The van der Waals surface area contributed by atoms with Crippen LogP contribution in [0, 0.1) is 28.6 Å². The predicted molar refractivity (Wildman–Crippen MR) is 171 cm³/mol. The monoisotopic (exact) mass is 694 g/mol. The summed E-state index contributed by atoms with van der Waals surface area (Å²) in [6.07, 6.45) is -4.26. The van der Waals surface area contributed by atoms with E-state index in [0.29, 0.717) is 11.8 Å². The Hall–Kier alpha value is -1.49. The first-order valence-electron chi connectivity index (χ1n) is 18.2. The Morgan fingerprint density at radius 3 is 2.27 bits per heavy atom. The Labute approximate surface area is 286 Å². The molecule has 4 saturated carbocycles. The minimum atomic E-state index is -1.66. The Morgan fingerprint density at radius 2 is 1.55 bits per heavy atom. The van der Waals surface area contributed by atoms with Gasteiger partial charge < -0.3 is 59.1 Å². The third-order valence-electron chi connectivity index (χ3n) is 14.2. The highest BCUT2D eigenvalue weighted by Crippen LogP contribution is 2.70. The molecule has 3 heterocycles. The molecule has 7 rings (SSSR count). The van der Waals surface area contributed by atoms with Crippen LogP contribution in [0.2, 0.25) is 0 Å². The fourth-order valence-corrected chi connectivity index (χ4v) is 11.2. The zero-order valence-electron chi connectivity index (χ0n) is 28.5. The molecular formula is C36H54O13. The third kappa shape index (κ3) is 5.76. The predicted octanol–water partition coefficient (Wildman–Crippen LogP) is 0.918. The molecule has 6 fully saturated rings. The van der Waals surface area contributed by atoms with Crippen molar-refractivity contribution in [1.29, 1.82) is 0 Å². The van der Waals surface area contributed by atoms with Crippen LogP contribution in [0.4, 0.5) is 0 Å². The molecule has 13 heteroatoms. The number of fused-ring (bicyclic) bond motifs is 5. The summed E-state index contributed by atoms with van der Waals surface area (Å²) in [6, 6.07) is 3.34. The van der Waals surface area contributed by atoms with E-state index in [-0.39, 0.29) is 34.4 Å². The topological polar surface area (TPSA) is 209 Å². The minimum Gasteiger partial charge on any atom is -0.431 e. The maximum Gasteiger partial charge on any atom is 0.335 e. The number of hydrogen-bond acceptors (Lipinski definition) is 13. The zero-order valence-corrected chi connectivity index (χ0v) is 28.5. The van der Waals surface area contributed by atoms with Gasteiger partial charge in [-0.15, -0.1) is 0 Å². The molecule has 1 aromatic rings. The maximum atomic E-state index is 12.5. The van der Waals surface area contributed by atoms with E-state index >= 15 is 0 Å². The van der Waals surface area contributed by atoms with E-state index in [2.05, 4.69) is 13.8 Å². The SMILES string of the molecule is C[C@@H]1O[C@@H](O[C@H]2CC[C@@]3(C)[C@@H](CC[C@@H]4[C@@H]3CC[C@]3(C)[C@@H](c5ccc(=O)oc5)CC[C@]43O)C2)[C@@H](O)[C@H](O)[C@H]1O[C@@H]1O[C@H](CO)[C@@H](O)[C@H](O)[C@H]1O. The molecule has 18 atom stereocenters. The van der Waals surface area contributed by atoms with Gasteiger partial charge in [0, 0.05) is 11.5 Å². The summed E-state index contributed by atoms with van der Waals surface area (Å²) >= 11 is 0. The lowest BCUT2D eigenvalue weighted by Gasteiger charge is -2.63. The zero-order chi connectivity index (χ0) is 35.0. The van der Waals surface area contributed by atoms with Gasteiger partial charge in [0.2, 0.25) is 0 Å². The maximum absolute atomic E-state index is 12.5. The van der Waals surface area contributed by atoms with Crippen LogP contribution >= 0.6 is 0 Å². The van der Waals surface area contributed by atoms with Crippen molar-refractivity contribution in [1.82, 2.24) is 0 Å². The lowest BCUT2D eigenvalue weighted by molar-refractivity contribution is -0.360. The molecule has 1 aromatic heterocycles. The minimum absolute atomic E-state index is 0.0284. The first kappa shape index (κ1) is 35.9. The fraction of sp³-hybridized carbons (Fsp3) is 0.861. The number of hydrogen-bond donors (Lipinski definition) is 7. The van der Waals surface area contributed by atoms with Crippen LogP contribution in [0.5, 0.6) is 0 Å². The van der Waals surface area contributed by atoms with Gasteiger partial charge in [0.15, 0.2) is 12.6 Å². The molecular weight excluding hydrogens is 640 g/mol. The number of aliphatic hydroxyl groups is 7. The average Bonchev–Trinajstić information content (AvgIpc) is 3.36. The van der Waals surface area contributed by atoms with Crippen LogP contribution in [-0.2, 0) is 18.9 Å². The van der Waals surface area contributed by atoms with Gasteiger partial charge >= 0.3 is 5.63 Å². The van der Waals surface area contributed by atoms with E-state index in [9.17, 15) is 40.5 Å². The van der Waals surface area contributed by atoms with E-state index in [1.807, 2.05) is 6.07 Å². The summed E-state index contributed by atoms with van der Waals surface area (Å²) in [4.78, 5) is 11.6. The normalized spacial score (nSPS) is 53.0. The van der Waals surface area contributed by atoms with Crippen molar-refractivity contribution in [3.63, 3.8) is 0 Å². The van der Waals surface area contributed by atoms with Crippen molar-refractivity contribution in [3.8, 4) is 0 Å². The second-order valence-corrected chi connectivity index (χ2v) is 16.4. The summed E-state index contributed by atoms with van der Waals surface area (Å²) in [5.74, 6) is 1.06. The molecule has 0 bridgehead atoms. The van der Waals surface area contributed by atoms with Crippen molar-refractivity contribution < 1.29 is 59.1 Å².